The number of carbonyl (C=O) groups is 1. The highest BCUT2D eigenvalue weighted by molar-refractivity contribution is 6.40. The third kappa shape index (κ3) is 6.40. The minimum Gasteiger partial charge on any atom is -0.483 e. The molecule has 0 atom stereocenters. The van der Waals surface area contributed by atoms with E-state index in [4.69, 9.17) is 48.7 Å². The Morgan fingerprint density at radius 2 is 1.88 bits per heavy atom. The highest BCUT2D eigenvalue weighted by Crippen LogP contribution is 2.36. The highest BCUT2D eigenvalue weighted by atomic mass is 35.5. The number of furan rings is 1. The molecule has 2 rings (SSSR count). The third-order valence-corrected chi connectivity index (χ3v) is 4.04. The quantitative estimate of drug-likeness (QED) is 0.554. The lowest BCUT2D eigenvalue weighted by Gasteiger charge is -2.09. The summed E-state index contributed by atoms with van der Waals surface area (Å²) in [6.45, 7) is 5.12. The van der Waals surface area contributed by atoms with Crippen molar-refractivity contribution in [3.05, 3.63) is 50.9 Å². The third-order valence-electron chi connectivity index (χ3n) is 3.27. The summed E-state index contributed by atoms with van der Waals surface area (Å²) in [6, 6.07) is 6.32. The van der Waals surface area contributed by atoms with Crippen LogP contribution in [-0.2, 0) is 11.3 Å². The molecular weight excluding hydrogens is 401 g/mol. The molecule has 0 aliphatic rings. The number of rotatable bonds is 9. The molecule has 26 heavy (non-hydrogen) atoms. The van der Waals surface area contributed by atoms with E-state index in [1.54, 1.807) is 12.1 Å². The molecule has 0 saturated heterocycles. The zero-order valence-electron chi connectivity index (χ0n) is 14.5. The summed E-state index contributed by atoms with van der Waals surface area (Å²) in [4.78, 5) is 12.0. The van der Waals surface area contributed by atoms with Crippen LogP contribution in [0, 0.1) is 0 Å². The van der Waals surface area contributed by atoms with Gasteiger partial charge in [-0.05, 0) is 44.5 Å². The van der Waals surface area contributed by atoms with Crippen molar-refractivity contribution in [1.29, 1.82) is 0 Å². The van der Waals surface area contributed by atoms with Crippen LogP contribution in [0.5, 0.6) is 5.75 Å². The summed E-state index contributed by atoms with van der Waals surface area (Å²) < 4.78 is 16.5. The topological polar surface area (TPSA) is 60.7 Å². The number of hydrogen-bond acceptors (Lipinski definition) is 4. The van der Waals surface area contributed by atoms with Gasteiger partial charge < -0.3 is 19.2 Å². The molecule has 1 aromatic heterocycles. The highest BCUT2D eigenvalue weighted by Gasteiger charge is 2.13. The first-order valence-electron chi connectivity index (χ1n) is 8.12. The van der Waals surface area contributed by atoms with Gasteiger partial charge in [0.1, 0.15) is 12.4 Å². The summed E-state index contributed by atoms with van der Waals surface area (Å²) in [5, 5.41) is 3.80. The van der Waals surface area contributed by atoms with E-state index in [1.807, 2.05) is 13.8 Å². The van der Waals surface area contributed by atoms with Crippen LogP contribution in [0.15, 0.2) is 28.7 Å². The largest absolute Gasteiger partial charge is 0.483 e. The van der Waals surface area contributed by atoms with Crippen LogP contribution in [0.2, 0.25) is 15.1 Å². The van der Waals surface area contributed by atoms with E-state index < -0.39 is 0 Å². The zero-order valence-corrected chi connectivity index (χ0v) is 16.7. The van der Waals surface area contributed by atoms with Crippen LogP contribution in [0.4, 0.5) is 0 Å². The molecule has 1 N–H and O–H groups in total. The van der Waals surface area contributed by atoms with Crippen LogP contribution >= 0.6 is 34.8 Å². The molecule has 1 aromatic carbocycles. The number of nitrogens with one attached hydrogen (secondary N) is 1. The van der Waals surface area contributed by atoms with E-state index in [0.717, 1.165) is 6.42 Å². The molecule has 2 aromatic rings. The average molecular weight is 421 g/mol. The molecule has 0 radical (unpaired) electrons. The Morgan fingerprint density at radius 1 is 1.19 bits per heavy atom. The fraction of sp³-hybridized carbons (Fsp3) is 0.389. The minimum atomic E-state index is -0.289. The maximum absolute atomic E-state index is 12.0. The molecule has 1 heterocycles. The van der Waals surface area contributed by atoms with Crippen LogP contribution in [0.1, 0.15) is 36.6 Å². The Morgan fingerprint density at radius 3 is 2.54 bits per heavy atom. The van der Waals surface area contributed by atoms with E-state index in [2.05, 4.69) is 5.32 Å². The van der Waals surface area contributed by atoms with Gasteiger partial charge in [0.15, 0.2) is 11.5 Å². The molecule has 0 fully saturated rings. The second-order valence-corrected chi connectivity index (χ2v) is 7.03. The van der Waals surface area contributed by atoms with Gasteiger partial charge in [-0.15, -0.1) is 0 Å². The van der Waals surface area contributed by atoms with Gasteiger partial charge >= 0.3 is 0 Å². The van der Waals surface area contributed by atoms with Crippen LogP contribution in [0.3, 0.4) is 0 Å². The van der Waals surface area contributed by atoms with Gasteiger partial charge in [-0.25, -0.2) is 0 Å². The second kappa shape index (κ2) is 10.1. The number of benzene rings is 1. The number of hydrogen-bond donors (Lipinski definition) is 1. The summed E-state index contributed by atoms with van der Waals surface area (Å²) in [5.41, 5.74) is 0. The number of halogens is 3. The van der Waals surface area contributed by atoms with Crippen molar-refractivity contribution < 1.29 is 18.7 Å². The molecule has 0 aliphatic heterocycles. The summed E-state index contributed by atoms with van der Waals surface area (Å²) in [5.74, 6) is 0.704. The predicted octanol–water partition coefficient (Wildman–Crippen LogP) is 5.36. The molecule has 1 amide bonds. The number of amides is 1. The first kappa shape index (κ1) is 20.9. The number of carbonyl (C=O) groups excluding carboxylic acids is 1. The Bertz CT molecular complexity index is 723. The van der Waals surface area contributed by atoms with Crippen LogP contribution in [-0.4, -0.2) is 25.2 Å². The first-order valence-corrected chi connectivity index (χ1v) is 9.26. The predicted molar refractivity (Wildman–Crippen MR) is 103 cm³/mol. The molecule has 0 spiro atoms. The van der Waals surface area contributed by atoms with Gasteiger partial charge in [-0.2, -0.15) is 0 Å². The van der Waals surface area contributed by atoms with Crippen molar-refractivity contribution in [2.24, 2.45) is 0 Å². The lowest BCUT2D eigenvalue weighted by molar-refractivity contribution is 0.0753. The molecule has 0 unspecified atom stereocenters. The second-order valence-electron chi connectivity index (χ2n) is 5.78. The SMILES string of the molecule is CC(C)OCCCNC(=O)c1ccc(COc2c(Cl)cc(Cl)cc2Cl)o1. The molecular formula is C18H20Cl3NO4. The molecule has 0 bridgehead atoms. The normalized spacial score (nSPS) is 11.0. The van der Waals surface area contributed by atoms with Crippen LogP contribution in [0.25, 0.3) is 0 Å². The first-order chi connectivity index (χ1) is 12.4. The van der Waals surface area contributed by atoms with Gasteiger partial charge in [0.25, 0.3) is 5.91 Å². The van der Waals surface area contributed by atoms with Gasteiger partial charge in [0.05, 0.1) is 16.1 Å². The molecule has 142 valence electrons. The summed E-state index contributed by atoms with van der Waals surface area (Å²) in [6.07, 6.45) is 0.912. The molecule has 0 aliphatic carbocycles. The molecule has 0 saturated carbocycles. The van der Waals surface area contributed by atoms with E-state index in [-0.39, 0.29) is 24.4 Å². The van der Waals surface area contributed by atoms with Gasteiger partial charge in [-0.1, -0.05) is 34.8 Å². The molecule has 5 nitrogen and oxygen atoms in total. The van der Waals surface area contributed by atoms with Crippen molar-refractivity contribution in [2.45, 2.75) is 33.0 Å². The number of ether oxygens (including phenoxy) is 2. The van der Waals surface area contributed by atoms with E-state index >= 15 is 0 Å². The van der Waals surface area contributed by atoms with E-state index in [1.165, 1.54) is 12.1 Å². The molecule has 8 heteroatoms. The summed E-state index contributed by atoms with van der Waals surface area (Å²) in [7, 11) is 0. The fourth-order valence-electron chi connectivity index (χ4n) is 2.07. The van der Waals surface area contributed by atoms with E-state index in [0.29, 0.717) is 39.7 Å². The fourth-order valence-corrected chi connectivity index (χ4v) is 2.99. The van der Waals surface area contributed by atoms with Gasteiger partial charge in [0, 0.05) is 18.2 Å². The maximum Gasteiger partial charge on any atom is 0.286 e. The minimum absolute atomic E-state index is 0.0799. The summed E-state index contributed by atoms with van der Waals surface area (Å²) >= 11 is 18.0. The van der Waals surface area contributed by atoms with E-state index in [9.17, 15) is 4.79 Å². The zero-order chi connectivity index (χ0) is 19.1. The maximum atomic E-state index is 12.0. The monoisotopic (exact) mass is 419 g/mol. The Hall–Kier alpha value is -1.40. The lowest BCUT2D eigenvalue weighted by Crippen LogP contribution is -2.25. The van der Waals surface area contributed by atoms with Gasteiger partial charge in [-0.3, -0.25) is 4.79 Å². The van der Waals surface area contributed by atoms with Crippen molar-refractivity contribution in [2.75, 3.05) is 13.2 Å². The van der Waals surface area contributed by atoms with Crippen molar-refractivity contribution in [1.82, 2.24) is 5.32 Å². The smallest absolute Gasteiger partial charge is 0.286 e. The average Bonchev–Trinajstić information content (AvgIpc) is 3.02. The van der Waals surface area contributed by atoms with Gasteiger partial charge in [0.2, 0.25) is 0 Å². The van der Waals surface area contributed by atoms with Crippen LogP contribution < -0.4 is 10.1 Å². The van der Waals surface area contributed by atoms with Crippen molar-refractivity contribution in [3.8, 4) is 5.75 Å². The van der Waals surface area contributed by atoms with Crippen molar-refractivity contribution in [3.63, 3.8) is 0 Å². The Balaban J connectivity index is 1.83. The standard InChI is InChI=1S/C18H20Cl3NO4/c1-11(2)24-7-3-6-22-18(23)16-5-4-13(26-16)10-25-17-14(20)8-12(19)9-15(17)21/h4-5,8-9,11H,3,6-7,10H2,1-2H3,(H,22,23). The van der Waals surface area contributed by atoms with Crippen molar-refractivity contribution >= 4 is 40.7 Å². The Kier molecular flexibility index (Phi) is 8.10. The Labute approximate surface area is 167 Å². The lowest BCUT2D eigenvalue weighted by atomic mass is 10.3.